The molecule has 1 aromatic heterocycles. The molecular formula is C24H30F3N3O3. The van der Waals surface area contributed by atoms with E-state index in [1.54, 1.807) is 18.7 Å². The summed E-state index contributed by atoms with van der Waals surface area (Å²) in [5.74, 6) is -0.456. The van der Waals surface area contributed by atoms with Crippen LogP contribution >= 0.6 is 0 Å². The highest BCUT2D eigenvalue weighted by molar-refractivity contribution is 5.91. The Hall–Kier alpha value is -2.97. The van der Waals surface area contributed by atoms with Crippen molar-refractivity contribution in [2.45, 2.75) is 71.6 Å². The number of nitrogens with zero attached hydrogens (tertiary/aromatic N) is 1. The van der Waals surface area contributed by atoms with Crippen LogP contribution in [0, 0.1) is 13.8 Å². The number of esters is 1. The molecule has 0 radical (unpaired) electrons. The minimum atomic E-state index is -4.49. The lowest BCUT2D eigenvalue weighted by molar-refractivity contribution is -0.137. The van der Waals surface area contributed by atoms with Gasteiger partial charge in [0.15, 0.2) is 0 Å². The predicted molar refractivity (Wildman–Crippen MR) is 119 cm³/mol. The molecular weight excluding hydrogens is 435 g/mol. The predicted octanol–water partition coefficient (Wildman–Crippen LogP) is 6.19. The van der Waals surface area contributed by atoms with E-state index in [4.69, 9.17) is 4.74 Å². The molecule has 0 aliphatic heterocycles. The SMILES string of the molecule is CCOC(=O)c1[nH]c(C)c(CN(C(=O)Nc2cccc(C(F)(F)F)c2)C2CCCCC2)c1C. The number of amides is 2. The fourth-order valence-corrected chi connectivity index (χ4v) is 4.33. The third kappa shape index (κ3) is 5.89. The molecule has 0 atom stereocenters. The topological polar surface area (TPSA) is 74.4 Å². The maximum absolute atomic E-state index is 13.3. The normalized spacial score (nSPS) is 14.7. The van der Waals surface area contributed by atoms with Crippen molar-refractivity contribution < 1.29 is 27.5 Å². The maximum atomic E-state index is 13.3. The number of urea groups is 1. The number of benzene rings is 1. The molecule has 0 saturated heterocycles. The fraction of sp³-hybridized carbons (Fsp3) is 0.500. The summed E-state index contributed by atoms with van der Waals surface area (Å²) in [6.07, 6.45) is 0.211. The molecule has 1 aliphatic rings. The number of H-pyrrole nitrogens is 1. The van der Waals surface area contributed by atoms with Gasteiger partial charge in [-0.3, -0.25) is 0 Å². The first-order valence-corrected chi connectivity index (χ1v) is 11.2. The lowest BCUT2D eigenvalue weighted by atomic mass is 9.93. The maximum Gasteiger partial charge on any atom is 0.416 e. The second-order valence-corrected chi connectivity index (χ2v) is 8.38. The molecule has 0 bridgehead atoms. The van der Waals surface area contributed by atoms with E-state index in [9.17, 15) is 22.8 Å². The Morgan fingerprint density at radius 1 is 1.18 bits per heavy atom. The Morgan fingerprint density at radius 2 is 1.88 bits per heavy atom. The summed E-state index contributed by atoms with van der Waals surface area (Å²) >= 11 is 0. The van der Waals surface area contributed by atoms with Gasteiger partial charge in [-0.05, 0) is 62.9 Å². The van der Waals surface area contributed by atoms with E-state index in [1.165, 1.54) is 12.1 Å². The summed E-state index contributed by atoms with van der Waals surface area (Å²) < 4.78 is 44.4. The highest BCUT2D eigenvalue weighted by atomic mass is 19.4. The Labute approximate surface area is 191 Å². The van der Waals surface area contributed by atoms with Crippen LogP contribution in [0.4, 0.5) is 23.7 Å². The average molecular weight is 466 g/mol. The summed E-state index contributed by atoms with van der Waals surface area (Å²) in [5, 5.41) is 2.65. The number of rotatable bonds is 6. The number of hydrogen-bond acceptors (Lipinski definition) is 3. The van der Waals surface area contributed by atoms with E-state index in [1.807, 2.05) is 6.92 Å². The number of aromatic nitrogens is 1. The molecule has 0 unspecified atom stereocenters. The van der Waals surface area contributed by atoms with Gasteiger partial charge in [-0.15, -0.1) is 0 Å². The molecule has 2 N–H and O–H groups in total. The van der Waals surface area contributed by atoms with Gasteiger partial charge in [0.25, 0.3) is 0 Å². The number of carbonyl (C=O) groups is 2. The Bertz CT molecular complexity index is 995. The number of alkyl halides is 3. The van der Waals surface area contributed by atoms with Crippen LogP contribution < -0.4 is 5.32 Å². The number of carbonyl (C=O) groups excluding carboxylic acids is 2. The number of halogens is 3. The molecule has 1 aliphatic carbocycles. The number of ether oxygens (including phenoxy) is 1. The van der Waals surface area contributed by atoms with Gasteiger partial charge in [0.1, 0.15) is 5.69 Å². The van der Waals surface area contributed by atoms with Gasteiger partial charge in [-0.1, -0.05) is 25.3 Å². The van der Waals surface area contributed by atoms with Crippen LogP contribution in [-0.2, 0) is 17.5 Å². The van der Waals surface area contributed by atoms with Gasteiger partial charge in [-0.25, -0.2) is 9.59 Å². The molecule has 1 aromatic carbocycles. The van der Waals surface area contributed by atoms with Crippen LogP contribution in [0.15, 0.2) is 24.3 Å². The zero-order chi connectivity index (χ0) is 24.2. The van der Waals surface area contributed by atoms with Crippen LogP contribution in [0.25, 0.3) is 0 Å². The van der Waals surface area contributed by atoms with E-state index in [-0.39, 0.29) is 24.9 Å². The van der Waals surface area contributed by atoms with Crippen molar-refractivity contribution in [1.82, 2.24) is 9.88 Å². The zero-order valence-electron chi connectivity index (χ0n) is 19.1. The van der Waals surface area contributed by atoms with Crippen molar-refractivity contribution in [1.29, 1.82) is 0 Å². The lowest BCUT2D eigenvalue weighted by Gasteiger charge is -2.34. The van der Waals surface area contributed by atoms with Crippen LogP contribution in [0.3, 0.4) is 0 Å². The highest BCUT2D eigenvalue weighted by Gasteiger charge is 2.32. The zero-order valence-corrected chi connectivity index (χ0v) is 19.1. The molecule has 1 heterocycles. The van der Waals surface area contributed by atoms with Crippen molar-refractivity contribution in [2.75, 3.05) is 11.9 Å². The number of anilines is 1. The van der Waals surface area contributed by atoms with E-state index >= 15 is 0 Å². The van der Waals surface area contributed by atoms with Gasteiger partial charge in [0, 0.05) is 24.0 Å². The Morgan fingerprint density at radius 3 is 2.52 bits per heavy atom. The van der Waals surface area contributed by atoms with E-state index in [0.29, 0.717) is 11.3 Å². The summed E-state index contributed by atoms with van der Waals surface area (Å²) in [6, 6.07) is 4.12. The molecule has 33 heavy (non-hydrogen) atoms. The standard InChI is InChI=1S/C24H30F3N3O3/c1-4-33-22(31)21-15(2)20(16(3)28-21)14-30(19-11-6-5-7-12-19)23(32)29-18-10-8-9-17(13-18)24(25,26)27/h8-10,13,19,28H,4-7,11-12,14H2,1-3H3,(H,29,32). The van der Waals surface area contributed by atoms with Crippen molar-refractivity contribution in [3.8, 4) is 0 Å². The average Bonchev–Trinajstić information content (AvgIpc) is 3.05. The number of hydrogen-bond donors (Lipinski definition) is 2. The lowest BCUT2D eigenvalue weighted by Crippen LogP contribution is -2.43. The minimum absolute atomic E-state index is 0.0377. The Kier molecular flexibility index (Phi) is 7.71. The Balaban J connectivity index is 1.87. The van der Waals surface area contributed by atoms with E-state index in [0.717, 1.165) is 55.5 Å². The van der Waals surface area contributed by atoms with Crippen molar-refractivity contribution in [2.24, 2.45) is 0 Å². The first-order chi connectivity index (χ1) is 15.6. The molecule has 180 valence electrons. The van der Waals surface area contributed by atoms with Gasteiger partial charge in [-0.2, -0.15) is 13.2 Å². The molecule has 2 amide bonds. The molecule has 0 spiro atoms. The van der Waals surface area contributed by atoms with Crippen molar-refractivity contribution in [3.05, 3.63) is 52.3 Å². The van der Waals surface area contributed by atoms with Crippen LogP contribution in [0.5, 0.6) is 0 Å². The second kappa shape index (κ2) is 10.3. The van der Waals surface area contributed by atoms with E-state index < -0.39 is 23.7 Å². The summed E-state index contributed by atoms with van der Waals surface area (Å²) in [5.41, 5.74) is 1.89. The molecule has 1 saturated carbocycles. The monoisotopic (exact) mass is 465 g/mol. The van der Waals surface area contributed by atoms with Crippen LogP contribution in [0.2, 0.25) is 0 Å². The summed E-state index contributed by atoms with van der Waals surface area (Å²) in [4.78, 5) is 30.3. The van der Waals surface area contributed by atoms with Gasteiger partial charge >= 0.3 is 18.2 Å². The second-order valence-electron chi connectivity index (χ2n) is 8.38. The number of nitrogens with one attached hydrogen (secondary N) is 2. The third-order valence-electron chi connectivity index (χ3n) is 6.12. The molecule has 6 nitrogen and oxygen atoms in total. The fourth-order valence-electron chi connectivity index (χ4n) is 4.33. The van der Waals surface area contributed by atoms with Crippen molar-refractivity contribution >= 4 is 17.7 Å². The minimum Gasteiger partial charge on any atom is -0.461 e. The van der Waals surface area contributed by atoms with Crippen molar-refractivity contribution in [3.63, 3.8) is 0 Å². The molecule has 9 heteroatoms. The van der Waals surface area contributed by atoms with Crippen LogP contribution in [-0.4, -0.2) is 34.5 Å². The summed E-state index contributed by atoms with van der Waals surface area (Å²) in [6.45, 7) is 5.85. The van der Waals surface area contributed by atoms with Gasteiger partial charge < -0.3 is 19.9 Å². The smallest absolute Gasteiger partial charge is 0.416 e. The first-order valence-electron chi connectivity index (χ1n) is 11.2. The van der Waals surface area contributed by atoms with E-state index in [2.05, 4.69) is 10.3 Å². The molecule has 2 aromatic rings. The third-order valence-corrected chi connectivity index (χ3v) is 6.12. The quantitative estimate of drug-likeness (QED) is 0.499. The first kappa shape index (κ1) is 24.7. The number of aromatic amines is 1. The highest BCUT2D eigenvalue weighted by Crippen LogP contribution is 2.32. The molecule has 1 fully saturated rings. The summed E-state index contributed by atoms with van der Waals surface area (Å²) in [7, 11) is 0. The largest absolute Gasteiger partial charge is 0.461 e. The number of aryl methyl sites for hydroxylation is 1. The van der Waals surface area contributed by atoms with Gasteiger partial charge in [0.05, 0.1) is 12.2 Å². The van der Waals surface area contributed by atoms with Gasteiger partial charge in [0.2, 0.25) is 0 Å². The van der Waals surface area contributed by atoms with Crippen LogP contribution in [0.1, 0.15) is 71.9 Å². The molecule has 3 rings (SSSR count).